The fourth-order valence-electron chi connectivity index (χ4n) is 2.93. The Morgan fingerprint density at radius 3 is 2.50 bits per heavy atom. The lowest BCUT2D eigenvalue weighted by atomic mass is 10.2. The Balaban J connectivity index is 1.69. The maximum absolute atomic E-state index is 12.5. The van der Waals surface area contributed by atoms with Gasteiger partial charge < -0.3 is 19.3 Å². The van der Waals surface area contributed by atoms with Gasteiger partial charge in [0.05, 0.1) is 31.7 Å². The maximum Gasteiger partial charge on any atom is 0.257 e. The number of carbonyl (C=O) groups is 1. The number of aromatic nitrogens is 2. The topological polar surface area (TPSA) is 70.7 Å². The molecule has 1 aliphatic rings. The smallest absolute Gasteiger partial charge is 0.257 e. The molecule has 0 spiro atoms. The van der Waals surface area contributed by atoms with Crippen LogP contribution in [0.2, 0.25) is 0 Å². The number of hydrogen-bond acceptors (Lipinski definition) is 5. The molecule has 0 atom stereocenters. The number of carbonyl (C=O) groups excluding carboxylic acids is 1. The van der Waals surface area contributed by atoms with Gasteiger partial charge in [-0.15, -0.1) is 0 Å². The van der Waals surface area contributed by atoms with Crippen LogP contribution < -0.4 is 14.4 Å². The van der Waals surface area contributed by atoms with Gasteiger partial charge in [-0.1, -0.05) is 0 Å². The molecule has 1 N–H and O–H groups in total. The summed E-state index contributed by atoms with van der Waals surface area (Å²) < 4.78 is 10.7. The van der Waals surface area contributed by atoms with Crippen LogP contribution in [0.4, 0.5) is 5.69 Å². The summed E-state index contributed by atoms with van der Waals surface area (Å²) in [6, 6.07) is 5.79. The monoisotopic (exact) mass is 330 g/mol. The third kappa shape index (κ3) is 3.02. The molecule has 0 aliphatic carbocycles. The molecule has 1 aromatic heterocycles. The molecule has 1 amide bonds. The molecular weight excluding hydrogens is 308 g/mol. The van der Waals surface area contributed by atoms with Crippen molar-refractivity contribution in [2.45, 2.75) is 6.92 Å². The molecule has 128 valence electrons. The van der Waals surface area contributed by atoms with E-state index in [1.165, 1.54) is 0 Å². The fourth-order valence-corrected chi connectivity index (χ4v) is 2.93. The lowest BCUT2D eigenvalue weighted by Crippen LogP contribution is -2.49. The maximum atomic E-state index is 12.5. The third-order valence-corrected chi connectivity index (χ3v) is 4.35. The number of benzene rings is 1. The van der Waals surface area contributed by atoms with Crippen LogP contribution in [0.25, 0.3) is 0 Å². The van der Waals surface area contributed by atoms with Crippen molar-refractivity contribution in [1.82, 2.24) is 15.1 Å². The van der Waals surface area contributed by atoms with Crippen LogP contribution in [0.15, 0.2) is 24.4 Å². The van der Waals surface area contributed by atoms with Gasteiger partial charge in [-0.3, -0.25) is 9.89 Å². The standard InChI is InChI=1S/C17H22N4O3/c1-12-14(11-18-19-12)17(22)21-8-6-20(7-9-21)15-5-4-13(23-2)10-16(15)24-3/h4-5,10-11H,6-9H2,1-3H3,(H,18,19). The van der Waals surface area contributed by atoms with E-state index in [9.17, 15) is 4.79 Å². The van der Waals surface area contributed by atoms with E-state index in [-0.39, 0.29) is 5.91 Å². The molecule has 0 bridgehead atoms. The molecule has 2 heterocycles. The van der Waals surface area contributed by atoms with Crippen molar-refractivity contribution in [3.05, 3.63) is 35.7 Å². The summed E-state index contributed by atoms with van der Waals surface area (Å²) in [5.41, 5.74) is 2.47. The Kier molecular flexibility index (Phi) is 4.59. The van der Waals surface area contributed by atoms with Gasteiger partial charge in [0, 0.05) is 37.9 Å². The summed E-state index contributed by atoms with van der Waals surface area (Å²) in [4.78, 5) is 16.6. The van der Waals surface area contributed by atoms with Crippen LogP contribution in [0.3, 0.4) is 0 Å². The van der Waals surface area contributed by atoms with E-state index in [2.05, 4.69) is 15.1 Å². The second kappa shape index (κ2) is 6.82. The summed E-state index contributed by atoms with van der Waals surface area (Å²) in [6.45, 7) is 4.70. The highest BCUT2D eigenvalue weighted by molar-refractivity contribution is 5.95. The van der Waals surface area contributed by atoms with Crippen LogP contribution in [0, 0.1) is 6.92 Å². The predicted octanol–water partition coefficient (Wildman–Crippen LogP) is 1.70. The zero-order valence-electron chi connectivity index (χ0n) is 14.2. The first-order valence-electron chi connectivity index (χ1n) is 7.90. The molecule has 1 aromatic carbocycles. The third-order valence-electron chi connectivity index (χ3n) is 4.35. The molecule has 7 nitrogen and oxygen atoms in total. The molecule has 0 saturated carbocycles. The van der Waals surface area contributed by atoms with Gasteiger partial charge in [-0.25, -0.2) is 0 Å². The molecule has 0 unspecified atom stereocenters. The molecular formula is C17H22N4O3. The van der Waals surface area contributed by atoms with Gasteiger partial charge >= 0.3 is 0 Å². The molecule has 3 rings (SSSR count). The van der Waals surface area contributed by atoms with E-state index >= 15 is 0 Å². The zero-order chi connectivity index (χ0) is 17.1. The van der Waals surface area contributed by atoms with Crippen LogP contribution in [0.5, 0.6) is 11.5 Å². The summed E-state index contributed by atoms with van der Waals surface area (Å²) in [5.74, 6) is 1.57. The number of anilines is 1. The highest BCUT2D eigenvalue weighted by Crippen LogP contribution is 2.32. The van der Waals surface area contributed by atoms with E-state index in [1.54, 1.807) is 20.4 Å². The SMILES string of the molecule is COc1ccc(N2CCN(C(=O)c3cn[nH]c3C)CC2)c(OC)c1. The lowest BCUT2D eigenvalue weighted by molar-refractivity contribution is 0.0746. The molecule has 1 saturated heterocycles. The largest absolute Gasteiger partial charge is 0.497 e. The second-order valence-corrected chi connectivity index (χ2v) is 5.73. The number of nitrogens with zero attached hydrogens (tertiary/aromatic N) is 3. The van der Waals surface area contributed by atoms with Gasteiger partial charge in [0.15, 0.2) is 0 Å². The van der Waals surface area contributed by atoms with Gasteiger partial charge in [0.2, 0.25) is 0 Å². The number of amides is 1. The first-order chi connectivity index (χ1) is 11.6. The van der Waals surface area contributed by atoms with Gasteiger partial charge in [0.25, 0.3) is 5.91 Å². The van der Waals surface area contributed by atoms with Crippen molar-refractivity contribution >= 4 is 11.6 Å². The van der Waals surface area contributed by atoms with Crippen LogP contribution >= 0.6 is 0 Å². The highest BCUT2D eigenvalue weighted by Gasteiger charge is 2.25. The Bertz CT molecular complexity index is 720. The molecule has 2 aromatic rings. The van der Waals surface area contributed by atoms with E-state index in [4.69, 9.17) is 9.47 Å². The Hall–Kier alpha value is -2.70. The van der Waals surface area contributed by atoms with Crippen molar-refractivity contribution in [3.8, 4) is 11.5 Å². The summed E-state index contributed by atoms with van der Waals surface area (Å²) >= 11 is 0. The number of aryl methyl sites for hydroxylation is 1. The minimum absolute atomic E-state index is 0.0302. The normalized spacial score (nSPS) is 14.6. The molecule has 24 heavy (non-hydrogen) atoms. The number of rotatable bonds is 4. The second-order valence-electron chi connectivity index (χ2n) is 5.73. The number of nitrogens with one attached hydrogen (secondary N) is 1. The van der Waals surface area contributed by atoms with Crippen molar-refractivity contribution < 1.29 is 14.3 Å². The quantitative estimate of drug-likeness (QED) is 0.924. The van der Waals surface area contributed by atoms with E-state index in [0.717, 1.165) is 36.0 Å². The van der Waals surface area contributed by atoms with Crippen LogP contribution in [0.1, 0.15) is 16.1 Å². The fraction of sp³-hybridized carbons (Fsp3) is 0.412. The first kappa shape index (κ1) is 16.2. The van der Waals surface area contributed by atoms with E-state index in [0.29, 0.717) is 18.7 Å². The van der Waals surface area contributed by atoms with Crippen molar-refractivity contribution in [2.24, 2.45) is 0 Å². The highest BCUT2D eigenvalue weighted by atomic mass is 16.5. The predicted molar refractivity (Wildman–Crippen MR) is 91.0 cm³/mol. The van der Waals surface area contributed by atoms with E-state index in [1.807, 2.05) is 30.0 Å². The number of piperazine rings is 1. The summed E-state index contributed by atoms with van der Waals surface area (Å²) in [5, 5.41) is 6.74. The van der Waals surface area contributed by atoms with Gasteiger partial charge in [-0.05, 0) is 19.1 Å². The van der Waals surface area contributed by atoms with Crippen molar-refractivity contribution in [3.63, 3.8) is 0 Å². The van der Waals surface area contributed by atoms with Gasteiger partial charge in [-0.2, -0.15) is 5.10 Å². The van der Waals surface area contributed by atoms with Crippen molar-refractivity contribution in [1.29, 1.82) is 0 Å². The first-order valence-corrected chi connectivity index (χ1v) is 7.90. The average molecular weight is 330 g/mol. The number of H-pyrrole nitrogens is 1. The van der Waals surface area contributed by atoms with Gasteiger partial charge in [0.1, 0.15) is 11.5 Å². The Morgan fingerprint density at radius 2 is 1.92 bits per heavy atom. The summed E-state index contributed by atoms with van der Waals surface area (Å²) in [6.07, 6.45) is 1.59. The van der Waals surface area contributed by atoms with E-state index < -0.39 is 0 Å². The number of methoxy groups -OCH3 is 2. The zero-order valence-corrected chi connectivity index (χ0v) is 14.2. The molecule has 7 heteroatoms. The van der Waals surface area contributed by atoms with Crippen LogP contribution in [-0.2, 0) is 0 Å². The number of hydrogen-bond donors (Lipinski definition) is 1. The minimum Gasteiger partial charge on any atom is -0.497 e. The molecule has 0 radical (unpaired) electrons. The number of ether oxygens (including phenoxy) is 2. The Labute approximate surface area is 141 Å². The number of aromatic amines is 1. The average Bonchev–Trinajstić information content (AvgIpc) is 3.06. The van der Waals surface area contributed by atoms with Crippen LogP contribution in [-0.4, -0.2) is 61.4 Å². The van der Waals surface area contributed by atoms with Crippen molar-refractivity contribution in [2.75, 3.05) is 45.3 Å². The minimum atomic E-state index is 0.0302. The lowest BCUT2D eigenvalue weighted by Gasteiger charge is -2.36. The molecule has 1 fully saturated rings. The Morgan fingerprint density at radius 1 is 1.17 bits per heavy atom. The summed E-state index contributed by atoms with van der Waals surface area (Å²) in [7, 11) is 3.29. The molecule has 1 aliphatic heterocycles.